The van der Waals surface area contributed by atoms with Crippen molar-refractivity contribution in [3.63, 3.8) is 0 Å². The molecule has 2 aromatic heterocycles. The molecule has 0 saturated carbocycles. The molecule has 0 saturated heterocycles. The molecule has 0 aliphatic heterocycles. The summed E-state index contributed by atoms with van der Waals surface area (Å²) >= 11 is 2.61. The van der Waals surface area contributed by atoms with Crippen LogP contribution in [0, 0.1) is 5.82 Å². The molecule has 2 heterocycles. The molecule has 0 bridgehead atoms. The molecule has 0 spiro atoms. The molecular weight excluding hydrogens is 475 g/mol. The Hall–Kier alpha value is -3.47. The van der Waals surface area contributed by atoms with Crippen molar-refractivity contribution >= 4 is 66.7 Å². The maximum absolute atomic E-state index is 14.3. The standard InChI is InChI=1S/C24H21FN4O3S2/c1-16(30)29(20-9-5-3-7-18(20)25)24-26-17(15-33-24)11-12-22(31)28(13-14-32-2)23-27-19-8-4-6-10-21(19)34-23/h3-12,15H,13-14H2,1-2H3/b12-11+. The summed E-state index contributed by atoms with van der Waals surface area (Å²) in [6.07, 6.45) is 2.97. The van der Waals surface area contributed by atoms with Gasteiger partial charge < -0.3 is 4.74 Å². The van der Waals surface area contributed by atoms with Crippen LogP contribution < -0.4 is 9.80 Å². The first kappa shape index (κ1) is 23.7. The number of hydrogen-bond donors (Lipinski definition) is 0. The smallest absolute Gasteiger partial charge is 0.252 e. The molecule has 0 atom stereocenters. The number of para-hydroxylation sites is 2. The van der Waals surface area contributed by atoms with Gasteiger partial charge in [-0.2, -0.15) is 0 Å². The van der Waals surface area contributed by atoms with Crippen molar-refractivity contribution in [2.45, 2.75) is 6.92 Å². The molecule has 4 rings (SSSR count). The fraction of sp³-hybridized carbons (Fsp3) is 0.167. The van der Waals surface area contributed by atoms with E-state index in [-0.39, 0.29) is 17.5 Å². The Labute approximate surface area is 203 Å². The predicted octanol–water partition coefficient (Wildman–Crippen LogP) is 5.27. The maximum atomic E-state index is 14.3. The summed E-state index contributed by atoms with van der Waals surface area (Å²) in [5.74, 6) is -1.17. The number of carbonyl (C=O) groups excluding carboxylic acids is 2. The summed E-state index contributed by atoms with van der Waals surface area (Å²) < 4.78 is 20.4. The SMILES string of the molecule is COCCN(C(=O)/C=C/c1csc(N(C(C)=O)c2ccccc2F)n1)c1nc2ccccc2s1. The molecule has 174 valence electrons. The number of amides is 2. The number of fused-ring (bicyclic) bond motifs is 1. The number of carbonyl (C=O) groups is 2. The van der Waals surface area contributed by atoms with Gasteiger partial charge in [0.15, 0.2) is 10.3 Å². The van der Waals surface area contributed by atoms with E-state index < -0.39 is 5.82 Å². The fourth-order valence-electron chi connectivity index (χ4n) is 3.20. The fourth-order valence-corrected chi connectivity index (χ4v) is 5.05. The van der Waals surface area contributed by atoms with Crippen LogP contribution in [0.1, 0.15) is 12.6 Å². The van der Waals surface area contributed by atoms with E-state index in [0.717, 1.165) is 10.2 Å². The molecule has 0 aliphatic rings. The lowest BCUT2D eigenvalue weighted by molar-refractivity contribution is -0.116. The van der Waals surface area contributed by atoms with Crippen LogP contribution in [0.4, 0.5) is 20.3 Å². The quantitative estimate of drug-likeness (QED) is 0.311. The number of aromatic nitrogens is 2. The van der Waals surface area contributed by atoms with Gasteiger partial charge in [0.25, 0.3) is 5.91 Å². The first-order valence-corrected chi connectivity index (χ1v) is 12.0. The van der Waals surface area contributed by atoms with Gasteiger partial charge in [-0.3, -0.25) is 19.4 Å². The molecule has 2 amide bonds. The van der Waals surface area contributed by atoms with Crippen LogP contribution in [0.3, 0.4) is 0 Å². The Morgan fingerprint density at radius 2 is 1.85 bits per heavy atom. The second-order valence-electron chi connectivity index (χ2n) is 7.14. The number of halogens is 1. The zero-order valence-electron chi connectivity index (χ0n) is 18.5. The summed E-state index contributed by atoms with van der Waals surface area (Å²) in [5, 5.41) is 2.59. The predicted molar refractivity (Wildman–Crippen MR) is 134 cm³/mol. The van der Waals surface area contributed by atoms with E-state index in [1.807, 2.05) is 24.3 Å². The number of thiazole rings is 2. The molecule has 0 aliphatic carbocycles. The topological polar surface area (TPSA) is 75.6 Å². The average molecular weight is 497 g/mol. The molecular formula is C24H21FN4O3S2. The van der Waals surface area contributed by atoms with Gasteiger partial charge in [0.05, 0.1) is 34.7 Å². The number of nitrogens with zero attached hydrogens (tertiary/aromatic N) is 4. The van der Waals surface area contributed by atoms with Gasteiger partial charge in [-0.15, -0.1) is 11.3 Å². The molecule has 0 unspecified atom stereocenters. The van der Waals surface area contributed by atoms with E-state index in [2.05, 4.69) is 9.97 Å². The van der Waals surface area contributed by atoms with E-state index in [1.54, 1.807) is 35.6 Å². The second-order valence-corrected chi connectivity index (χ2v) is 8.99. The van der Waals surface area contributed by atoms with Crippen LogP contribution in [0.2, 0.25) is 0 Å². The highest BCUT2D eigenvalue weighted by molar-refractivity contribution is 7.22. The van der Waals surface area contributed by atoms with Crippen molar-refractivity contribution in [3.8, 4) is 0 Å². The minimum atomic E-state index is -0.523. The molecule has 0 fully saturated rings. The summed E-state index contributed by atoms with van der Waals surface area (Å²) in [6.45, 7) is 2.04. The Balaban J connectivity index is 1.56. The number of rotatable bonds is 8. The van der Waals surface area contributed by atoms with Crippen molar-refractivity contribution < 1.29 is 18.7 Å². The number of ether oxygens (including phenoxy) is 1. The van der Waals surface area contributed by atoms with Gasteiger partial charge in [-0.05, 0) is 30.3 Å². The van der Waals surface area contributed by atoms with Crippen LogP contribution in [0.5, 0.6) is 0 Å². The van der Waals surface area contributed by atoms with E-state index >= 15 is 0 Å². The minimum Gasteiger partial charge on any atom is -0.383 e. The number of methoxy groups -OCH3 is 1. The first-order valence-electron chi connectivity index (χ1n) is 10.3. The number of benzene rings is 2. The Morgan fingerprint density at radius 3 is 2.59 bits per heavy atom. The zero-order chi connectivity index (χ0) is 24.1. The minimum absolute atomic E-state index is 0.123. The van der Waals surface area contributed by atoms with E-state index in [0.29, 0.717) is 29.1 Å². The first-order chi connectivity index (χ1) is 16.5. The van der Waals surface area contributed by atoms with Crippen LogP contribution in [0.25, 0.3) is 16.3 Å². The lowest BCUT2D eigenvalue weighted by Gasteiger charge is -2.18. The molecule has 34 heavy (non-hydrogen) atoms. The van der Waals surface area contributed by atoms with Crippen LogP contribution in [-0.4, -0.2) is 42.0 Å². The lowest BCUT2D eigenvalue weighted by atomic mass is 10.3. The highest BCUT2D eigenvalue weighted by atomic mass is 32.1. The molecule has 0 N–H and O–H groups in total. The van der Waals surface area contributed by atoms with Crippen molar-refractivity contribution in [3.05, 3.63) is 71.5 Å². The largest absolute Gasteiger partial charge is 0.383 e. The summed E-state index contributed by atoms with van der Waals surface area (Å²) in [5.41, 5.74) is 1.42. The molecule has 2 aromatic carbocycles. The van der Waals surface area contributed by atoms with Crippen LogP contribution >= 0.6 is 22.7 Å². The maximum Gasteiger partial charge on any atom is 0.252 e. The Kier molecular flexibility index (Phi) is 7.41. The Bertz CT molecular complexity index is 1320. The van der Waals surface area contributed by atoms with Gasteiger partial charge >= 0.3 is 0 Å². The highest BCUT2D eigenvalue weighted by Gasteiger charge is 2.21. The van der Waals surface area contributed by atoms with E-state index in [9.17, 15) is 14.0 Å². The van der Waals surface area contributed by atoms with Gasteiger partial charge in [0, 0.05) is 25.5 Å². The number of hydrogen-bond acceptors (Lipinski definition) is 7. The highest BCUT2D eigenvalue weighted by Crippen LogP contribution is 2.31. The normalized spacial score (nSPS) is 11.3. The lowest BCUT2D eigenvalue weighted by Crippen LogP contribution is -2.32. The summed E-state index contributed by atoms with van der Waals surface area (Å²) in [6, 6.07) is 13.7. The van der Waals surface area contributed by atoms with Crippen molar-refractivity contribution in [2.75, 3.05) is 30.1 Å². The van der Waals surface area contributed by atoms with Gasteiger partial charge in [-0.25, -0.2) is 14.4 Å². The van der Waals surface area contributed by atoms with Crippen molar-refractivity contribution in [1.29, 1.82) is 0 Å². The molecule has 10 heteroatoms. The van der Waals surface area contributed by atoms with Crippen molar-refractivity contribution in [1.82, 2.24) is 9.97 Å². The van der Waals surface area contributed by atoms with E-state index in [1.165, 1.54) is 52.7 Å². The van der Waals surface area contributed by atoms with E-state index in [4.69, 9.17) is 4.74 Å². The third-order valence-corrected chi connectivity index (χ3v) is 6.71. The summed E-state index contributed by atoms with van der Waals surface area (Å²) in [4.78, 5) is 37.0. The van der Waals surface area contributed by atoms with Crippen LogP contribution in [0.15, 0.2) is 60.0 Å². The van der Waals surface area contributed by atoms with Crippen LogP contribution in [-0.2, 0) is 14.3 Å². The van der Waals surface area contributed by atoms with Gasteiger partial charge in [-0.1, -0.05) is 35.6 Å². The van der Waals surface area contributed by atoms with Gasteiger partial charge in [0.1, 0.15) is 5.82 Å². The second kappa shape index (κ2) is 10.6. The molecule has 4 aromatic rings. The summed E-state index contributed by atoms with van der Waals surface area (Å²) in [7, 11) is 1.57. The third kappa shape index (κ3) is 5.19. The number of anilines is 3. The van der Waals surface area contributed by atoms with Crippen molar-refractivity contribution in [2.24, 2.45) is 0 Å². The monoisotopic (exact) mass is 496 g/mol. The zero-order valence-corrected chi connectivity index (χ0v) is 20.1. The molecule has 0 radical (unpaired) electrons. The Morgan fingerprint density at radius 1 is 1.09 bits per heavy atom. The average Bonchev–Trinajstić information content (AvgIpc) is 3.46. The third-order valence-electron chi connectivity index (χ3n) is 4.80. The van der Waals surface area contributed by atoms with Gasteiger partial charge in [0.2, 0.25) is 5.91 Å². The molecule has 7 nitrogen and oxygen atoms in total.